The summed E-state index contributed by atoms with van der Waals surface area (Å²) in [5.74, 6) is 0.278. The summed E-state index contributed by atoms with van der Waals surface area (Å²) in [5, 5.41) is 9.28. The highest BCUT2D eigenvalue weighted by molar-refractivity contribution is 5.13. The molecular weight excluding hydrogens is 384 g/mol. The summed E-state index contributed by atoms with van der Waals surface area (Å²) >= 11 is 0. The first-order chi connectivity index (χ1) is 15.4. The zero-order valence-electron chi connectivity index (χ0n) is 20.4. The first kappa shape index (κ1) is 28.1. The molecule has 0 saturated carbocycles. The number of rotatable bonds is 23. The SMILES string of the molecule is CCCCCCCCCCCCCCCCOCC(CCO)COCc1ccccc1. The minimum atomic E-state index is 0.196. The van der Waals surface area contributed by atoms with Gasteiger partial charge in [-0.15, -0.1) is 0 Å². The van der Waals surface area contributed by atoms with E-state index in [1.165, 1.54) is 89.0 Å². The van der Waals surface area contributed by atoms with Crippen molar-refractivity contribution >= 4 is 0 Å². The molecule has 180 valence electrons. The number of aliphatic hydroxyl groups is 1. The molecule has 31 heavy (non-hydrogen) atoms. The van der Waals surface area contributed by atoms with Crippen molar-refractivity contribution < 1.29 is 14.6 Å². The summed E-state index contributed by atoms with van der Waals surface area (Å²) in [5.41, 5.74) is 1.19. The van der Waals surface area contributed by atoms with E-state index in [1.807, 2.05) is 18.2 Å². The Morgan fingerprint density at radius 3 is 1.74 bits per heavy atom. The van der Waals surface area contributed by atoms with Gasteiger partial charge < -0.3 is 14.6 Å². The lowest BCUT2D eigenvalue weighted by Crippen LogP contribution is -2.18. The minimum absolute atomic E-state index is 0.196. The summed E-state index contributed by atoms with van der Waals surface area (Å²) in [6, 6.07) is 10.2. The molecular formula is C28H50O3. The van der Waals surface area contributed by atoms with E-state index in [0.29, 0.717) is 19.8 Å². The van der Waals surface area contributed by atoms with Crippen LogP contribution in [0.4, 0.5) is 0 Å². The van der Waals surface area contributed by atoms with Gasteiger partial charge in [0.1, 0.15) is 0 Å². The molecule has 0 aliphatic carbocycles. The van der Waals surface area contributed by atoms with E-state index in [9.17, 15) is 5.11 Å². The molecule has 3 nitrogen and oxygen atoms in total. The number of hydrogen-bond acceptors (Lipinski definition) is 3. The number of aliphatic hydroxyl groups excluding tert-OH is 1. The summed E-state index contributed by atoms with van der Waals surface area (Å²) in [6.07, 6.45) is 20.1. The molecule has 0 spiro atoms. The fourth-order valence-electron chi connectivity index (χ4n) is 3.96. The van der Waals surface area contributed by atoms with Gasteiger partial charge in [-0.1, -0.05) is 121 Å². The molecule has 1 aromatic carbocycles. The predicted octanol–water partition coefficient (Wildman–Crippen LogP) is 7.70. The van der Waals surface area contributed by atoms with Crippen molar-refractivity contribution in [3.8, 4) is 0 Å². The molecule has 3 heteroatoms. The molecule has 0 aromatic heterocycles. The minimum Gasteiger partial charge on any atom is -0.396 e. The highest BCUT2D eigenvalue weighted by atomic mass is 16.5. The molecule has 0 aliphatic rings. The topological polar surface area (TPSA) is 38.7 Å². The highest BCUT2D eigenvalue weighted by Gasteiger charge is 2.09. The van der Waals surface area contributed by atoms with Crippen LogP contribution in [0.15, 0.2) is 30.3 Å². The predicted molar refractivity (Wildman–Crippen MR) is 132 cm³/mol. The molecule has 1 atom stereocenters. The molecule has 0 fully saturated rings. The summed E-state index contributed by atoms with van der Waals surface area (Å²) < 4.78 is 11.7. The van der Waals surface area contributed by atoms with Gasteiger partial charge in [-0.2, -0.15) is 0 Å². The van der Waals surface area contributed by atoms with Crippen LogP contribution in [0.1, 0.15) is 109 Å². The Labute approximate surface area is 192 Å². The van der Waals surface area contributed by atoms with Gasteiger partial charge in [0.25, 0.3) is 0 Å². The summed E-state index contributed by atoms with van der Waals surface area (Å²) in [6.45, 7) is 5.27. The van der Waals surface area contributed by atoms with Crippen LogP contribution in [0.2, 0.25) is 0 Å². The lowest BCUT2D eigenvalue weighted by Gasteiger charge is -2.16. The Kier molecular flexibility index (Phi) is 20.2. The highest BCUT2D eigenvalue weighted by Crippen LogP contribution is 2.13. The van der Waals surface area contributed by atoms with E-state index in [1.54, 1.807) is 0 Å². The second-order valence-corrected chi connectivity index (χ2v) is 9.05. The Bertz CT molecular complexity index is 463. The van der Waals surface area contributed by atoms with E-state index < -0.39 is 0 Å². The van der Waals surface area contributed by atoms with Crippen molar-refractivity contribution in [1.29, 1.82) is 0 Å². The first-order valence-corrected chi connectivity index (χ1v) is 13.2. The molecule has 1 unspecified atom stereocenters. The van der Waals surface area contributed by atoms with Crippen molar-refractivity contribution in [2.24, 2.45) is 5.92 Å². The zero-order valence-corrected chi connectivity index (χ0v) is 20.4. The Morgan fingerprint density at radius 2 is 1.19 bits per heavy atom. The van der Waals surface area contributed by atoms with Crippen LogP contribution in [-0.2, 0) is 16.1 Å². The van der Waals surface area contributed by atoms with Crippen LogP contribution < -0.4 is 0 Å². The van der Waals surface area contributed by atoms with Gasteiger partial charge in [0.15, 0.2) is 0 Å². The lowest BCUT2D eigenvalue weighted by molar-refractivity contribution is 0.0226. The molecule has 0 saturated heterocycles. The Balaban J connectivity index is 1.85. The standard InChI is InChI=1S/C28H50O3/c1-2-3-4-5-6-7-8-9-10-11-12-13-14-18-23-30-25-28(21-22-29)26-31-24-27-19-16-15-17-20-27/h15-17,19-20,28-29H,2-14,18,21-26H2,1H3. The largest absolute Gasteiger partial charge is 0.396 e. The van der Waals surface area contributed by atoms with Crippen molar-refractivity contribution in [2.45, 2.75) is 110 Å². The quantitative estimate of drug-likeness (QED) is 0.179. The third kappa shape index (κ3) is 18.4. The molecule has 1 rings (SSSR count). The molecule has 1 N–H and O–H groups in total. The average molecular weight is 435 g/mol. The van der Waals surface area contributed by atoms with E-state index in [2.05, 4.69) is 19.1 Å². The summed E-state index contributed by atoms with van der Waals surface area (Å²) in [4.78, 5) is 0. The van der Waals surface area contributed by atoms with Crippen molar-refractivity contribution in [3.63, 3.8) is 0 Å². The molecule has 0 amide bonds. The smallest absolute Gasteiger partial charge is 0.0717 e. The van der Waals surface area contributed by atoms with E-state index in [-0.39, 0.29) is 12.5 Å². The number of hydrogen-bond donors (Lipinski definition) is 1. The number of benzene rings is 1. The van der Waals surface area contributed by atoms with Gasteiger partial charge >= 0.3 is 0 Å². The van der Waals surface area contributed by atoms with Gasteiger partial charge in [0.05, 0.1) is 19.8 Å². The lowest BCUT2D eigenvalue weighted by atomic mass is 10.0. The maximum absolute atomic E-state index is 9.28. The monoisotopic (exact) mass is 434 g/mol. The zero-order chi connectivity index (χ0) is 22.2. The molecule has 0 aliphatic heterocycles. The van der Waals surface area contributed by atoms with Crippen LogP contribution >= 0.6 is 0 Å². The van der Waals surface area contributed by atoms with Crippen LogP contribution in [0.25, 0.3) is 0 Å². The maximum atomic E-state index is 9.28. The first-order valence-electron chi connectivity index (χ1n) is 13.2. The maximum Gasteiger partial charge on any atom is 0.0717 e. The van der Waals surface area contributed by atoms with Gasteiger partial charge in [-0.25, -0.2) is 0 Å². The molecule has 0 heterocycles. The molecule has 0 bridgehead atoms. The van der Waals surface area contributed by atoms with Crippen LogP contribution in [0.5, 0.6) is 0 Å². The second-order valence-electron chi connectivity index (χ2n) is 9.05. The summed E-state index contributed by atoms with van der Waals surface area (Å²) in [7, 11) is 0. The van der Waals surface area contributed by atoms with Crippen LogP contribution in [-0.4, -0.2) is 31.5 Å². The fraction of sp³-hybridized carbons (Fsp3) is 0.786. The third-order valence-corrected chi connectivity index (χ3v) is 6.00. The van der Waals surface area contributed by atoms with Gasteiger partial charge in [-0.3, -0.25) is 0 Å². The fourth-order valence-corrected chi connectivity index (χ4v) is 3.96. The number of unbranched alkanes of at least 4 members (excludes halogenated alkanes) is 13. The normalized spacial score (nSPS) is 12.3. The molecule has 1 aromatic rings. The average Bonchev–Trinajstić information content (AvgIpc) is 2.79. The van der Waals surface area contributed by atoms with Gasteiger partial charge in [0, 0.05) is 19.1 Å². The van der Waals surface area contributed by atoms with Crippen molar-refractivity contribution in [2.75, 3.05) is 26.4 Å². The van der Waals surface area contributed by atoms with E-state index in [4.69, 9.17) is 9.47 Å². The number of ether oxygens (including phenoxy) is 2. The third-order valence-electron chi connectivity index (χ3n) is 6.00. The van der Waals surface area contributed by atoms with Crippen LogP contribution in [0.3, 0.4) is 0 Å². The van der Waals surface area contributed by atoms with Crippen molar-refractivity contribution in [1.82, 2.24) is 0 Å². The second kappa shape index (κ2) is 22.3. The van der Waals surface area contributed by atoms with Gasteiger partial charge in [-0.05, 0) is 18.4 Å². The van der Waals surface area contributed by atoms with Crippen molar-refractivity contribution in [3.05, 3.63) is 35.9 Å². The van der Waals surface area contributed by atoms with Crippen LogP contribution in [0, 0.1) is 5.92 Å². The Morgan fingerprint density at radius 1 is 0.677 bits per heavy atom. The van der Waals surface area contributed by atoms with E-state index >= 15 is 0 Å². The molecule has 0 radical (unpaired) electrons. The van der Waals surface area contributed by atoms with Gasteiger partial charge in [0.2, 0.25) is 0 Å². The Hall–Kier alpha value is -0.900. The van der Waals surface area contributed by atoms with E-state index in [0.717, 1.165) is 19.4 Å².